The number of hydrogen-bond acceptors (Lipinski definition) is 9. The molecule has 1 aromatic heterocycles. The topological polar surface area (TPSA) is 142 Å². The number of nitro groups is 1. The Morgan fingerprint density at radius 1 is 1.35 bits per heavy atom. The van der Waals surface area contributed by atoms with Gasteiger partial charge in [0.1, 0.15) is 17.9 Å². The summed E-state index contributed by atoms with van der Waals surface area (Å²) in [4.78, 5) is 39.8. The van der Waals surface area contributed by atoms with Crippen LogP contribution in [0.1, 0.15) is 34.6 Å². The van der Waals surface area contributed by atoms with E-state index in [2.05, 4.69) is 15.6 Å². The van der Waals surface area contributed by atoms with Crippen LogP contribution in [0, 0.1) is 10.1 Å². The third-order valence-corrected chi connectivity index (χ3v) is 5.70. The maximum atomic E-state index is 13.0. The molecule has 0 radical (unpaired) electrons. The number of benzene rings is 2. The minimum Gasteiger partial charge on any atom is -0.493 e. The minimum atomic E-state index is -0.665. The second-order valence-corrected chi connectivity index (χ2v) is 8.05. The second-order valence-electron chi connectivity index (χ2n) is 7.33. The van der Waals surface area contributed by atoms with Crippen molar-refractivity contribution in [2.45, 2.75) is 19.6 Å². The summed E-state index contributed by atoms with van der Waals surface area (Å²) in [6, 6.07) is 7.02. The molecule has 2 N–H and O–H groups in total. The molecular formula is C22H20N4O7S. The zero-order valence-electron chi connectivity index (χ0n) is 18.2. The van der Waals surface area contributed by atoms with Gasteiger partial charge in [0.2, 0.25) is 0 Å². The number of anilines is 1. The van der Waals surface area contributed by atoms with Crippen LogP contribution < -0.4 is 24.8 Å². The van der Waals surface area contributed by atoms with Crippen molar-refractivity contribution in [3.63, 3.8) is 0 Å². The summed E-state index contributed by atoms with van der Waals surface area (Å²) >= 11 is 1.40. The Morgan fingerprint density at radius 2 is 2.18 bits per heavy atom. The predicted molar refractivity (Wildman–Crippen MR) is 123 cm³/mol. The lowest BCUT2D eigenvalue weighted by Crippen LogP contribution is -2.28. The third-order valence-electron chi connectivity index (χ3n) is 5.07. The molecule has 2 heterocycles. The number of carbonyl (C=O) groups excluding carboxylic acids is 2. The molecule has 0 saturated carbocycles. The van der Waals surface area contributed by atoms with E-state index < -0.39 is 22.6 Å². The molecule has 12 heteroatoms. The van der Waals surface area contributed by atoms with Gasteiger partial charge in [-0.25, -0.2) is 4.98 Å². The van der Waals surface area contributed by atoms with Crippen molar-refractivity contribution in [1.29, 1.82) is 0 Å². The maximum absolute atomic E-state index is 13.0. The molecule has 1 aliphatic heterocycles. The smallest absolute Gasteiger partial charge is 0.286 e. The Balaban J connectivity index is 1.56. The molecule has 0 saturated heterocycles. The van der Waals surface area contributed by atoms with E-state index in [1.165, 1.54) is 24.5 Å². The summed E-state index contributed by atoms with van der Waals surface area (Å²) in [5.74, 6) is -0.123. The first-order valence-electron chi connectivity index (χ1n) is 10.1. The van der Waals surface area contributed by atoms with Gasteiger partial charge in [-0.1, -0.05) is 6.07 Å². The highest BCUT2D eigenvalue weighted by Crippen LogP contribution is 2.36. The van der Waals surface area contributed by atoms with Crippen molar-refractivity contribution in [1.82, 2.24) is 10.3 Å². The van der Waals surface area contributed by atoms with E-state index in [9.17, 15) is 19.7 Å². The van der Waals surface area contributed by atoms with Gasteiger partial charge in [0.05, 0.1) is 41.0 Å². The fourth-order valence-corrected chi connectivity index (χ4v) is 3.89. The Bertz CT molecular complexity index is 1250. The van der Waals surface area contributed by atoms with Crippen LogP contribution in [0.15, 0.2) is 41.2 Å². The highest BCUT2D eigenvalue weighted by molar-refractivity contribution is 7.07. The highest BCUT2D eigenvalue weighted by Gasteiger charge is 2.26. The molecular weight excluding hydrogens is 464 g/mol. The average molecular weight is 484 g/mol. The number of nitrogens with zero attached hydrogens (tertiary/aromatic N) is 2. The number of ether oxygens (including phenoxy) is 3. The van der Waals surface area contributed by atoms with Crippen LogP contribution in [0.5, 0.6) is 17.2 Å². The van der Waals surface area contributed by atoms with E-state index in [1.807, 2.05) is 0 Å². The molecule has 176 valence electrons. The van der Waals surface area contributed by atoms with E-state index in [0.717, 1.165) is 6.07 Å². The van der Waals surface area contributed by atoms with Gasteiger partial charge in [-0.2, -0.15) is 0 Å². The van der Waals surface area contributed by atoms with Crippen LogP contribution in [0.3, 0.4) is 0 Å². The number of amides is 2. The number of fused-ring (bicyclic) bond motifs is 1. The monoisotopic (exact) mass is 484 g/mol. The molecule has 0 aliphatic carbocycles. The van der Waals surface area contributed by atoms with Crippen LogP contribution in [0.4, 0.5) is 11.4 Å². The van der Waals surface area contributed by atoms with E-state index in [4.69, 9.17) is 14.2 Å². The average Bonchev–Trinajstić information content (AvgIpc) is 3.35. The van der Waals surface area contributed by atoms with Crippen LogP contribution >= 0.6 is 11.3 Å². The van der Waals surface area contributed by atoms with Gasteiger partial charge in [-0.15, -0.1) is 11.3 Å². The molecule has 2 amide bonds. The normalized spacial score (nSPS) is 13.2. The zero-order valence-corrected chi connectivity index (χ0v) is 19.0. The predicted octanol–water partition coefficient (Wildman–Crippen LogP) is 3.46. The molecule has 0 spiro atoms. The summed E-state index contributed by atoms with van der Waals surface area (Å²) in [5, 5.41) is 19.0. The summed E-state index contributed by atoms with van der Waals surface area (Å²) in [6.07, 6.45) is 0. The number of hydrogen-bond donors (Lipinski definition) is 2. The summed E-state index contributed by atoms with van der Waals surface area (Å²) in [6.45, 7) is 1.76. The van der Waals surface area contributed by atoms with Gasteiger partial charge in [-0.3, -0.25) is 19.7 Å². The van der Waals surface area contributed by atoms with Crippen molar-refractivity contribution in [3.8, 4) is 17.2 Å². The van der Waals surface area contributed by atoms with Crippen LogP contribution in [0.25, 0.3) is 0 Å². The number of methoxy groups -OCH3 is 1. The number of thiazole rings is 1. The van der Waals surface area contributed by atoms with Gasteiger partial charge in [-0.05, 0) is 24.6 Å². The van der Waals surface area contributed by atoms with Gasteiger partial charge in [0.25, 0.3) is 17.5 Å². The summed E-state index contributed by atoms with van der Waals surface area (Å²) in [5.41, 5.74) is 2.88. The fraction of sp³-hybridized carbons (Fsp3) is 0.227. The lowest BCUT2D eigenvalue weighted by atomic mass is 10.1. The van der Waals surface area contributed by atoms with E-state index >= 15 is 0 Å². The molecule has 1 aliphatic rings. The first-order valence-corrected chi connectivity index (χ1v) is 11.0. The second kappa shape index (κ2) is 9.75. The van der Waals surface area contributed by atoms with E-state index in [0.29, 0.717) is 22.7 Å². The number of carbonyl (C=O) groups is 2. The molecule has 3 aromatic rings. The molecule has 4 rings (SSSR count). The standard InChI is InChI=1S/C22H20N4O7S/c1-12(13-3-4-18-16(5-13)25-21(27)9-33-18)24-22(28)15-6-19(31-2)20(7-17(15)26(29)30)32-8-14-10-34-11-23-14/h3-7,10-12H,8-9H2,1-2H3,(H,24,28)(H,25,27). The Morgan fingerprint density at radius 3 is 2.88 bits per heavy atom. The first kappa shape index (κ1) is 23.0. The first-order chi connectivity index (χ1) is 16.4. The van der Waals surface area contributed by atoms with Crippen molar-refractivity contribution in [2.75, 3.05) is 19.0 Å². The van der Waals surface area contributed by atoms with Gasteiger partial charge >= 0.3 is 0 Å². The molecule has 1 atom stereocenters. The fourth-order valence-electron chi connectivity index (χ4n) is 3.34. The number of rotatable bonds is 8. The zero-order chi connectivity index (χ0) is 24.2. The van der Waals surface area contributed by atoms with Crippen LogP contribution in [0.2, 0.25) is 0 Å². The summed E-state index contributed by atoms with van der Waals surface area (Å²) < 4.78 is 16.3. The van der Waals surface area contributed by atoms with Crippen LogP contribution in [-0.4, -0.2) is 35.4 Å². The Labute approximate surface area is 197 Å². The van der Waals surface area contributed by atoms with Gasteiger partial charge < -0.3 is 24.8 Å². The van der Waals surface area contributed by atoms with Crippen molar-refractivity contribution < 1.29 is 28.7 Å². The largest absolute Gasteiger partial charge is 0.493 e. The van der Waals surface area contributed by atoms with Crippen molar-refractivity contribution >= 4 is 34.5 Å². The number of aromatic nitrogens is 1. The van der Waals surface area contributed by atoms with Crippen LogP contribution in [-0.2, 0) is 11.4 Å². The molecule has 2 aromatic carbocycles. The van der Waals surface area contributed by atoms with E-state index in [-0.39, 0.29) is 36.2 Å². The number of nitro benzene ring substituents is 1. The molecule has 34 heavy (non-hydrogen) atoms. The number of nitrogens with one attached hydrogen (secondary N) is 2. The minimum absolute atomic E-state index is 0.0619. The summed E-state index contributed by atoms with van der Waals surface area (Å²) in [7, 11) is 1.38. The molecule has 0 fully saturated rings. The van der Waals surface area contributed by atoms with E-state index in [1.54, 1.807) is 36.0 Å². The lowest BCUT2D eigenvalue weighted by Gasteiger charge is -2.21. The maximum Gasteiger partial charge on any atom is 0.286 e. The van der Waals surface area contributed by atoms with Gasteiger partial charge in [0, 0.05) is 11.4 Å². The molecule has 0 bridgehead atoms. The Kier molecular flexibility index (Phi) is 6.59. The van der Waals surface area contributed by atoms with Gasteiger partial charge in [0.15, 0.2) is 18.1 Å². The SMILES string of the molecule is COc1cc(C(=O)NC(C)c2ccc3c(c2)NC(=O)CO3)c([N+](=O)[O-])cc1OCc1cscn1. The lowest BCUT2D eigenvalue weighted by molar-refractivity contribution is -0.385. The molecule has 11 nitrogen and oxygen atoms in total. The third kappa shape index (κ3) is 4.91. The van der Waals surface area contributed by atoms with Crippen molar-refractivity contribution in [2.24, 2.45) is 0 Å². The molecule has 1 unspecified atom stereocenters. The highest BCUT2D eigenvalue weighted by atomic mass is 32.1. The Hall–Kier alpha value is -4.19. The van der Waals surface area contributed by atoms with Crippen molar-refractivity contribution in [3.05, 3.63) is 68.2 Å². The quantitative estimate of drug-likeness (QED) is 0.366.